The van der Waals surface area contributed by atoms with Crippen LogP contribution in [-0.2, 0) is 6.54 Å². The third kappa shape index (κ3) is 3.02. The first-order valence-corrected chi connectivity index (χ1v) is 6.77. The molecule has 0 bridgehead atoms. The summed E-state index contributed by atoms with van der Waals surface area (Å²) in [5, 5.41) is 3.93. The van der Waals surface area contributed by atoms with Gasteiger partial charge < -0.3 is 5.32 Å². The minimum absolute atomic E-state index is 0.0160. The molecule has 1 aromatic rings. The van der Waals surface area contributed by atoms with E-state index in [2.05, 4.69) is 24.1 Å². The molecule has 18 heavy (non-hydrogen) atoms. The number of hydrogen-bond acceptors (Lipinski definition) is 2. The van der Waals surface area contributed by atoms with E-state index < -0.39 is 0 Å². The van der Waals surface area contributed by atoms with E-state index in [1.807, 2.05) is 0 Å². The predicted molar refractivity (Wildman–Crippen MR) is 73.4 cm³/mol. The van der Waals surface area contributed by atoms with Crippen molar-refractivity contribution >= 4 is 11.6 Å². The molecule has 0 unspecified atom stereocenters. The Bertz CT molecular complexity index is 400. The van der Waals surface area contributed by atoms with Crippen LogP contribution in [0.15, 0.2) is 18.2 Å². The van der Waals surface area contributed by atoms with Gasteiger partial charge in [-0.1, -0.05) is 17.7 Å². The van der Waals surface area contributed by atoms with Crippen molar-refractivity contribution in [1.82, 2.24) is 10.2 Å². The van der Waals surface area contributed by atoms with Gasteiger partial charge in [0.25, 0.3) is 0 Å². The maximum atomic E-state index is 13.8. The predicted octanol–water partition coefficient (Wildman–Crippen LogP) is 3.05. The highest BCUT2D eigenvalue weighted by atomic mass is 35.5. The number of rotatable bonds is 2. The van der Waals surface area contributed by atoms with Crippen LogP contribution < -0.4 is 5.32 Å². The molecule has 0 amide bonds. The lowest BCUT2D eigenvalue weighted by atomic mass is 10.0. The Morgan fingerprint density at radius 1 is 1.44 bits per heavy atom. The normalized spacial score (nSPS) is 20.7. The molecule has 4 heteroatoms. The van der Waals surface area contributed by atoms with Gasteiger partial charge in [0.15, 0.2) is 0 Å². The average Bonchev–Trinajstić information content (AvgIpc) is 2.46. The Kier molecular flexibility index (Phi) is 4.25. The minimum Gasteiger partial charge on any atom is -0.315 e. The first-order valence-electron chi connectivity index (χ1n) is 6.39. The molecule has 0 atom stereocenters. The second-order valence-corrected chi connectivity index (χ2v) is 5.87. The van der Waals surface area contributed by atoms with Gasteiger partial charge in [-0.05, 0) is 38.9 Å². The first-order chi connectivity index (χ1) is 8.50. The van der Waals surface area contributed by atoms with Crippen molar-refractivity contribution in [1.29, 1.82) is 0 Å². The third-order valence-electron chi connectivity index (χ3n) is 3.61. The highest BCUT2D eigenvalue weighted by molar-refractivity contribution is 6.31. The van der Waals surface area contributed by atoms with Crippen molar-refractivity contribution in [3.05, 3.63) is 34.6 Å². The van der Waals surface area contributed by atoms with Gasteiger partial charge in [0, 0.05) is 35.8 Å². The number of halogens is 2. The zero-order valence-corrected chi connectivity index (χ0v) is 11.7. The van der Waals surface area contributed by atoms with Crippen LogP contribution in [-0.4, -0.2) is 30.1 Å². The fourth-order valence-electron chi connectivity index (χ4n) is 2.37. The summed E-state index contributed by atoms with van der Waals surface area (Å²) in [6.45, 7) is 7.83. The van der Waals surface area contributed by atoms with E-state index in [1.54, 1.807) is 12.1 Å². The van der Waals surface area contributed by atoms with Crippen LogP contribution in [0.2, 0.25) is 5.02 Å². The minimum atomic E-state index is -0.212. The molecule has 1 saturated heterocycles. The second-order valence-electron chi connectivity index (χ2n) is 5.46. The van der Waals surface area contributed by atoms with Crippen molar-refractivity contribution in [3.63, 3.8) is 0 Å². The van der Waals surface area contributed by atoms with Gasteiger partial charge in [0.05, 0.1) is 0 Å². The fourth-order valence-corrected chi connectivity index (χ4v) is 2.59. The summed E-state index contributed by atoms with van der Waals surface area (Å²) in [6.07, 6.45) is 1.08. The van der Waals surface area contributed by atoms with Crippen LogP contribution in [0.3, 0.4) is 0 Å². The number of nitrogens with one attached hydrogen (secondary N) is 1. The molecule has 1 fully saturated rings. The monoisotopic (exact) mass is 270 g/mol. The van der Waals surface area contributed by atoms with Crippen molar-refractivity contribution in [2.24, 2.45) is 0 Å². The maximum Gasteiger partial charge on any atom is 0.129 e. The van der Waals surface area contributed by atoms with E-state index in [0.717, 1.165) is 26.1 Å². The molecule has 0 aromatic heterocycles. The van der Waals surface area contributed by atoms with E-state index in [-0.39, 0.29) is 11.4 Å². The van der Waals surface area contributed by atoms with Crippen LogP contribution in [0.25, 0.3) is 0 Å². The summed E-state index contributed by atoms with van der Waals surface area (Å²) in [7, 11) is 0. The Hall–Kier alpha value is -0.640. The summed E-state index contributed by atoms with van der Waals surface area (Å²) < 4.78 is 13.8. The Morgan fingerprint density at radius 2 is 2.22 bits per heavy atom. The van der Waals surface area contributed by atoms with Gasteiger partial charge in [-0.2, -0.15) is 0 Å². The molecule has 0 radical (unpaired) electrons. The van der Waals surface area contributed by atoms with E-state index in [0.29, 0.717) is 17.1 Å². The zero-order valence-electron chi connectivity index (χ0n) is 11.0. The van der Waals surface area contributed by atoms with Crippen molar-refractivity contribution in [2.75, 3.05) is 19.6 Å². The molecule has 0 spiro atoms. The molecule has 100 valence electrons. The van der Waals surface area contributed by atoms with E-state index in [1.165, 1.54) is 6.07 Å². The first kappa shape index (κ1) is 13.8. The Morgan fingerprint density at radius 3 is 2.94 bits per heavy atom. The van der Waals surface area contributed by atoms with Gasteiger partial charge >= 0.3 is 0 Å². The molecule has 2 nitrogen and oxygen atoms in total. The largest absolute Gasteiger partial charge is 0.315 e. The Labute approximate surface area is 113 Å². The van der Waals surface area contributed by atoms with Gasteiger partial charge in [-0.25, -0.2) is 4.39 Å². The molecular weight excluding hydrogens is 251 g/mol. The van der Waals surface area contributed by atoms with Crippen LogP contribution in [0.4, 0.5) is 4.39 Å². The average molecular weight is 271 g/mol. The summed E-state index contributed by atoms with van der Waals surface area (Å²) in [6, 6.07) is 4.88. The highest BCUT2D eigenvalue weighted by Crippen LogP contribution is 2.25. The SMILES string of the molecule is CC1(C)CNCCCN1Cc1c(F)cccc1Cl. The lowest BCUT2D eigenvalue weighted by Crippen LogP contribution is -2.48. The summed E-state index contributed by atoms with van der Waals surface area (Å²) >= 11 is 6.10. The van der Waals surface area contributed by atoms with Gasteiger partial charge in [0.2, 0.25) is 0 Å². The number of hydrogen-bond donors (Lipinski definition) is 1. The fraction of sp³-hybridized carbons (Fsp3) is 0.571. The van der Waals surface area contributed by atoms with Crippen molar-refractivity contribution in [3.8, 4) is 0 Å². The maximum absolute atomic E-state index is 13.8. The van der Waals surface area contributed by atoms with Crippen molar-refractivity contribution < 1.29 is 4.39 Å². The Balaban J connectivity index is 2.21. The highest BCUT2D eigenvalue weighted by Gasteiger charge is 2.29. The van der Waals surface area contributed by atoms with E-state index >= 15 is 0 Å². The molecule has 0 aliphatic carbocycles. The topological polar surface area (TPSA) is 15.3 Å². The molecule has 1 aliphatic heterocycles. The van der Waals surface area contributed by atoms with Crippen molar-refractivity contribution in [2.45, 2.75) is 32.4 Å². The molecule has 1 aromatic carbocycles. The second kappa shape index (κ2) is 5.55. The van der Waals surface area contributed by atoms with Crippen LogP contribution in [0.1, 0.15) is 25.8 Å². The standard InChI is InChI=1S/C14H20ClFN2/c1-14(2)10-17-7-4-8-18(14)9-11-12(15)5-3-6-13(11)16/h3,5-6,17H,4,7-10H2,1-2H3. The van der Waals surface area contributed by atoms with Crippen LogP contribution in [0.5, 0.6) is 0 Å². The van der Waals surface area contributed by atoms with Crippen LogP contribution in [0, 0.1) is 5.82 Å². The van der Waals surface area contributed by atoms with Crippen LogP contribution >= 0.6 is 11.6 Å². The van der Waals surface area contributed by atoms with Gasteiger partial charge in [-0.15, -0.1) is 0 Å². The molecule has 1 aliphatic rings. The van der Waals surface area contributed by atoms with Gasteiger partial charge in [-0.3, -0.25) is 4.90 Å². The number of nitrogens with zero attached hydrogens (tertiary/aromatic N) is 1. The molecule has 1 heterocycles. The van der Waals surface area contributed by atoms with E-state index in [4.69, 9.17) is 11.6 Å². The molecule has 0 saturated carbocycles. The van der Waals surface area contributed by atoms with Gasteiger partial charge in [0.1, 0.15) is 5.82 Å². The molecule has 2 rings (SSSR count). The third-order valence-corrected chi connectivity index (χ3v) is 3.96. The zero-order chi connectivity index (χ0) is 13.2. The molecule has 1 N–H and O–H groups in total. The summed E-state index contributed by atoms with van der Waals surface area (Å²) in [5.41, 5.74) is 0.622. The lowest BCUT2D eigenvalue weighted by Gasteiger charge is -2.37. The van der Waals surface area contributed by atoms with E-state index in [9.17, 15) is 4.39 Å². The number of benzene rings is 1. The lowest BCUT2D eigenvalue weighted by molar-refractivity contribution is 0.123. The quantitative estimate of drug-likeness (QED) is 0.889. The smallest absolute Gasteiger partial charge is 0.129 e. The summed E-state index contributed by atoms with van der Waals surface area (Å²) in [4.78, 5) is 2.30. The summed E-state index contributed by atoms with van der Waals surface area (Å²) in [5.74, 6) is -0.212. The molecular formula is C14H20ClFN2.